The average Bonchev–Trinajstić information content (AvgIpc) is 2.60. The van der Waals surface area contributed by atoms with E-state index in [1.54, 1.807) is 12.1 Å². The number of carbonyl (C=O) groups excluding carboxylic acids is 1. The van der Waals surface area contributed by atoms with E-state index in [2.05, 4.69) is 0 Å². The number of benzene rings is 2. The minimum atomic E-state index is -5.14. The lowest BCUT2D eigenvalue weighted by Crippen LogP contribution is -2.47. The standard InChI is InChI=1S/C18H16F3NO4/c19-18(20,21)17(25)22-15(16(23)24)10-12-6-8-14(9-7-12)26-11-13-4-2-1-3-5-13/h1-9,15H,10-11H2,(H,22,25)(H,23,24). The quantitative estimate of drug-likeness (QED) is 0.789. The van der Waals surface area contributed by atoms with Crippen molar-refractivity contribution in [1.82, 2.24) is 5.32 Å². The molecule has 26 heavy (non-hydrogen) atoms. The number of alkyl halides is 3. The number of ether oxygens (including phenoxy) is 1. The highest BCUT2D eigenvalue weighted by molar-refractivity contribution is 5.87. The third kappa shape index (κ3) is 5.80. The summed E-state index contributed by atoms with van der Waals surface area (Å²) in [6.45, 7) is 0.347. The number of nitrogens with one attached hydrogen (secondary N) is 1. The SMILES string of the molecule is O=C(O)C(Cc1ccc(OCc2ccccc2)cc1)NC(=O)C(F)(F)F. The van der Waals surface area contributed by atoms with Gasteiger partial charge in [-0.25, -0.2) is 4.79 Å². The van der Waals surface area contributed by atoms with Crippen molar-refractivity contribution in [3.05, 3.63) is 65.7 Å². The van der Waals surface area contributed by atoms with Gasteiger partial charge in [0.15, 0.2) is 0 Å². The van der Waals surface area contributed by atoms with Crippen LogP contribution in [0.2, 0.25) is 0 Å². The Hall–Kier alpha value is -3.03. The molecule has 2 aromatic carbocycles. The maximum Gasteiger partial charge on any atom is 0.471 e. The summed E-state index contributed by atoms with van der Waals surface area (Å²) in [6, 6.07) is 14.0. The number of hydrogen-bond acceptors (Lipinski definition) is 3. The molecule has 0 fully saturated rings. The molecule has 0 aliphatic carbocycles. The van der Waals surface area contributed by atoms with Crippen molar-refractivity contribution in [2.75, 3.05) is 0 Å². The first kappa shape index (κ1) is 19.3. The highest BCUT2D eigenvalue weighted by Gasteiger charge is 2.40. The van der Waals surface area contributed by atoms with Crippen LogP contribution in [-0.4, -0.2) is 29.2 Å². The largest absolute Gasteiger partial charge is 0.489 e. The van der Waals surface area contributed by atoms with E-state index < -0.39 is 24.1 Å². The summed E-state index contributed by atoms with van der Waals surface area (Å²) in [5.74, 6) is -3.30. The Labute approximate surface area is 147 Å². The van der Waals surface area contributed by atoms with E-state index in [1.807, 2.05) is 30.3 Å². The molecule has 0 saturated carbocycles. The molecule has 2 rings (SSSR count). The van der Waals surface area contributed by atoms with Gasteiger partial charge in [-0.05, 0) is 23.3 Å². The molecule has 0 spiro atoms. The van der Waals surface area contributed by atoms with Gasteiger partial charge in [0, 0.05) is 6.42 Å². The molecule has 138 valence electrons. The maximum absolute atomic E-state index is 12.3. The zero-order valence-corrected chi connectivity index (χ0v) is 13.5. The van der Waals surface area contributed by atoms with E-state index in [-0.39, 0.29) is 6.42 Å². The van der Waals surface area contributed by atoms with E-state index in [1.165, 1.54) is 17.4 Å². The molecule has 0 bridgehead atoms. The summed E-state index contributed by atoms with van der Waals surface area (Å²) < 4.78 is 42.4. The smallest absolute Gasteiger partial charge is 0.471 e. The van der Waals surface area contributed by atoms with E-state index in [0.717, 1.165) is 5.56 Å². The van der Waals surface area contributed by atoms with Crippen molar-refractivity contribution in [3.63, 3.8) is 0 Å². The van der Waals surface area contributed by atoms with E-state index in [0.29, 0.717) is 17.9 Å². The average molecular weight is 367 g/mol. The molecule has 0 aliphatic heterocycles. The number of carboxylic acids is 1. The second kappa shape index (κ2) is 8.37. The number of halogens is 3. The van der Waals surface area contributed by atoms with Gasteiger partial charge in [-0.1, -0.05) is 42.5 Å². The molecule has 5 nitrogen and oxygen atoms in total. The zero-order valence-electron chi connectivity index (χ0n) is 13.5. The van der Waals surface area contributed by atoms with Gasteiger partial charge in [-0.15, -0.1) is 0 Å². The number of aliphatic carboxylic acids is 1. The first-order valence-corrected chi connectivity index (χ1v) is 7.62. The number of carboxylic acid groups (broad SMARTS) is 1. The topological polar surface area (TPSA) is 75.6 Å². The van der Waals surface area contributed by atoms with Crippen LogP contribution < -0.4 is 10.1 Å². The van der Waals surface area contributed by atoms with Crippen LogP contribution in [0.15, 0.2) is 54.6 Å². The fourth-order valence-electron chi connectivity index (χ4n) is 2.14. The van der Waals surface area contributed by atoms with Gasteiger partial charge in [-0.3, -0.25) is 4.79 Å². The lowest BCUT2D eigenvalue weighted by Gasteiger charge is -2.16. The Morgan fingerprint density at radius 1 is 1.00 bits per heavy atom. The minimum absolute atomic E-state index is 0.282. The third-order valence-electron chi connectivity index (χ3n) is 3.47. The molecule has 1 amide bonds. The van der Waals surface area contributed by atoms with Crippen molar-refractivity contribution < 1.29 is 32.6 Å². The summed E-state index contributed by atoms with van der Waals surface area (Å²) in [4.78, 5) is 22.0. The molecule has 0 radical (unpaired) electrons. The van der Waals surface area contributed by atoms with Gasteiger partial charge >= 0.3 is 18.1 Å². The van der Waals surface area contributed by atoms with Crippen molar-refractivity contribution in [3.8, 4) is 5.75 Å². The van der Waals surface area contributed by atoms with Crippen molar-refractivity contribution in [2.24, 2.45) is 0 Å². The van der Waals surface area contributed by atoms with Gasteiger partial charge in [-0.2, -0.15) is 13.2 Å². The van der Waals surface area contributed by atoms with Gasteiger partial charge in [0.25, 0.3) is 0 Å². The van der Waals surface area contributed by atoms with E-state index >= 15 is 0 Å². The summed E-state index contributed by atoms with van der Waals surface area (Å²) >= 11 is 0. The molecule has 0 saturated heterocycles. The molecule has 1 atom stereocenters. The van der Waals surface area contributed by atoms with Crippen LogP contribution in [0.25, 0.3) is 0 Å². The Kier molecular flexibility index (Phi) is 6.21. The van der Waals surface area contributed by atoms with E-state index in [9.17, 15) is 22.8 Å². The number of rotatable bonds is 7. The van der Waals surface area contributed by atoms with Gasteiger partial charge in [0.1, 0.15) is 18.4 Å². The minimum Gasteiger partial charge on any atom is -0.489 e. The lowest BCUT2D eigenvalue weighted by molar-refractivity contribution is -0.175. The molecule has 8 heteroatoms. The highest BCUT2D eigenvalue weighted by Crippen LogP contribution is 2.17. The third-order valence-corrected chi connectivity index (χ3v) is 3.47. The summed E-state index contributed by atoms with van der Waals surface area (Å²) in [5, 5.41) is 10.5. The zero-order chi connectivity index (χ0) is 19.2. The molecule has 2 aromatic rings. The molecule has 0 aromatic heterocycles. The van der Waals surface area contributed by atoms with Crippen LogP contribution in [0.3, 0.4) is 0 Å². The molecular weight excluding hydrogens is 351 g/mol. The first-order valence-electron chi connectivity index (χ1n) is 7.62. The van der Waals surface area contributed by atoms with Gasteiger partial charge in [0.05, 0.1) is 0 Å². The monoisotopic (exact) mass is 367 g/mol. The van der Waals surface area contributed by atoms with Crippen LogP contribution in [0.4, 0.5) is 13.2 Å². The summed E-state index contributed by atoms with van der Waals surface area (Å²) in [7, 11) is 0. The molecular formula is C18H16F3NO4. The number of amides is 1. The van der Waals surface area contributed by atoms with Crippen LogP contribution in [0.5, 0.6) is 5.75 Å². The molecule has 0 aliphatic rings. The Balaban J connectivity index is 1.95. The van der Waals surface area contributed by atoms with Crippen LogP contribution in [-0.2, 0) is 22.6 Å². The Morgan fingerprint density at radius 2 is 1.62 bits per heavy atom. The summed E-state index contributed by atoms with van der Waals surface area (Å²) in [6.07, 6.45) is -5.42. The predicted octanol–water partition coefficient (Wildman–Crippen LogP) is 2.94. The molecule has 0 heterocycles. The second-order valence-electron chi connectivity index (χ2n) is 5.48. The predicted molar refractivity (Wildman–Crippen MR) is 86.5 cm³/mol. The van der Waals surface area contributed by atoms with Crippen LogP contribution in [0.1, 0.15) is 11.1 Å². The van der Waals surface area contributed by atoms with Gasteiger partial charge < -0.3 is 15.2 Å². The normalized spacial score (nSPS) is 12.3. The Bertz CT molecular complexity index is 745. The van der Waals surface area contributed by atoms with E-state index in [4.69, 9.17) is 9.84 Å². The van der Waals surface area contributed by atoms with Crippen molar-refractivity contribution in [2.45, 2.75) is 25.2 Å². The van der Waals surface area contributed by atoms with Crippen molar-refractivity contribution in [1.29, 1.82) is 0 Å². The van der Waals surface area contributed by atoms with Crippen LogP contribution >= 0.6 is 0 Å². The first-order chi connectivity index (χ1) is 12.3. The number of carbonyl (C=O) groups is 2. The summed E-state index contributed by atoms with van der Waals surface area (Å²) in [5.41, 5.74) is 1.42. The lowest BCUT2D eigenvalue weighted by atomic mass is 10.1. The fourth-order valence-corrected chi connectivity index (χ4v) is 2.14. The molecule has 1 unspecified atom stereocenters. The molecule has 2 N–H and O–H groups in total. The second-order valence-corrected chi connectivity index (χ2v) is 5.48. The van der Waals surface area contributed by atoms with Gasteiger partial charge in [0.2, 0.25) is 0 Å². The fraction of sp³-hybridized carbons (Fsp3) is 0.222. The van der Waals surface area contributed by atoms with Crippen molar-refractivity contribution >= 4 is 11.9 Å². The van der Waals surface area contributed by atoms with Crippen LogP contribution in [0, 0.1) is 0 Å². The number of hydrogen-bond donors (Lipinski definition) is 2. The highest BCUT2D eigenvalue weighted by atomic mass is 19.4. The maximum atomic E-state index is 12.3. The Morgan fingerprint density at radius 3 is 2.15 bits per heavy atom.